The van der Waals surface area contributed by atoms with Gasteiger partial charge in [0.25, 0.3) is 0 Å². The maximum Gasteiger partial charge on any atom is 0.229 e. The molecule has 4 rings (SSSR count). The summed E-state index contributed by atoms with van der Waals surface area (Å²) in [4.78, 5) is 41.1. The SMILES string of the molecule is CCC(=O)N1CCc2cc(N3C[C@@H](C(=O)Nc4ccc(OC)cc4C)CC3=O)ccc21. The average Bonchev–Trinajstić information content (AvgIpc) is 3.37. The first-order chi connectivity index (χ1) is 14.9. The molecular formula is C24H27N3O4. The van der Waals surface area contributed by atoms with Crippen LogP contribution in [0.25, 0.3) is 0 Å². The van der Waals surface area contributed by atoms with E-state index in [-0.39, 0.29) is 24.1 Å². The van der Waals surface area contributed by atoms with Gasteiger partial charge in [0.2, 0.25) is 17.7 Å². The Morgan fingerprint density at radius 1 is 1.19 bits per heavy atom. The molecule has 2 heterocycles. The average molecular weight is 421 g/mol. The molecule has 0 aromatic heterocycles. The molecule has 0 unspecified atom stereocenters. The topological polar surface area (TPSA) is 79.0 Å². The molecule has 0 spiro atoms. The molecule has 1 atom stereocenters. The lowest BCUT2D eigenvalue weighted by atomic mass is 10.1. The molecule has 7 nitrogen and oxygen atoms in total. The van der Waals surface area contributed by atoms with Crippen molar-refractivity contribution in [2.75, 3.05) is 35.3 Å². The second-order valence-electron chi connectivity index (χ2n) is 8.04. The number of benzene rings is 2. The number of hydrogen-bond donors (Lipinski definition) is 1. The molecule has 2 aromatic carbocycles. The molecule has 0 aliphatic carbocycles. The lowest BCUT2D eigenvalue weighted by Gasteiger charge is -2.20. The van der Waals surface area contributed by atoms with Crippen LogP contribution in [-0.2, 0) is 20.8 Å². The van der Waals surface area contributed by atoms with Crippen LogP contribution in [0.3, 0.4) is 0 Å². The normalized spacial score (nSPS) is 17.6. The van der Waals surface area contributed by atoms with Crippen LogP contribution in [0.2, 0.25) is 0 Å². The van der Waals surface area contributed by atoms with Crippen molar-refractivity contribution >= 4 is 34.8 Å². The second kappa shape index (κ2) is 8.41. The molecule has 7 heteroatoms. The predicted molar refractivity (Wildman–Crippen MR) is 120 cm³/mol. The summed E-state index contributed by atoms with van der Waals surface area (Å²) in [5.41, 5.74) is 4.39. The third-order valence-corrected chi connectivity index (χ3v) is 6.06. The summed E-state index contributed by atoms with van der Waals surface area (Å²) in [6.07, 6.45) is 1.42. The van der Waals surface area contributed by atoms with Crippen molar-refractivity contribution in [2.45, 2.75) is 33.1 Å². The molecule has 31 heavy (non-hydrogen) atoms. The summed E-state index contributed by atoms with van der Waals surface area (Å²) in [6, 6.07) is 11.2. The standard InChI is InChI=1S/C24H27N3O4/c1-4-22(28)26-10-9-16-12-18(5-8-21(16)26)27-14-17(13-23(27)29)24(30)25-20-7-6-19(31-3)11-15(20)2/h5-8,11-12,17H,4,9-10,13-14H2,1-3H3,(H,25,30)/t17-/m0/s1. The Balaban J connectivity index is 1.46. The van der Waals surface area contributed by atoms with E-state index in [1.54, 1.807) is 23.0 Å². The van der Waals surface area contributed by atoms with Crippen molar-refractivity contribution in [2.24, 2.45) is 5.92 Å². The minimum absolute atomic E-state index is 0.0639. The summed E-state index contributed by atoms with van der Waals surface area (Å²) >= 11 is 0. The number of nitrogens with one attached hydrogen (secondary N) is 1. The highest BCUT2D eigenvalue weighted by atomic mass is 16.5. The maximum atomic E-state index is 12.8. The number of methoxy groups -OCH3 is 1. The Kier molecular flexibility index (Phi) is 5.67. The van der Waals surface area contributed by atoms with E-state index in [2.05, 4.69) is 5.32 Å². The third kappa shape index (κ3) is 4.00. The first kappa shape index (κ1) is 20.9. The molecule has 0 saturated carbocycles. The first-order valence-electron chi connectivity index (χ1n) is 10.6. The molecule has 3 amide bonds. The maximum absolute atomic E-state index is 12.8. The van der Waals surface area contributed by atoms with Gasteiger partial charge in [-0.3, -0.25) is 14.4 Å². The monoisotopic (exact) mass is 421 g/mol. The number of nitrogens with zero attached hydrogens (tertiary/aromatic N) is 2. The number of hydrogen-bond acceptors (Lipinski definition) is 4. The summed E-state index contributed by atoms with van der Waals surface area (Å²) < 4.78 is 5.20. The van der Waals surface area contributed by atoms with E-state index in [1.807, 2.05) is 44.2 Å². The molecule has 162 valence electrons. The van der Waals surface area contributed by atoms with Gasteiger partial charge >= 0.3 is 0 Å². The van der Waals surface area contributed by atoms with Gasteiger partial charge in [-0.1, -0.05) is 6.92 Å². The smallest absolute Gasteiger partial charge is 0.229 e. The van der Waals surface area contributed by atoms with E-state index in [9.17, 15) is 14.4 Å². The zero-order valence-corrected chi connectivity index (χ0v) is 18.1. The van der Waals surface area contributed by atoms with Gasteiger partial charge in [0.15, 0.2) is 0 Å². The van der Waals surface area contributed by atoms with Crippen molar-refractivity contribution in [3.05, 3.63) is 47.5 Å². The van der Waals surface area contributed by atoms with Crippen molar-refractivity contribution in [1.29, 1.82) is 0 Å². The van der Waals surface area contributed by atoms with Crippen molar-refractivity contribution in [3.8, 4) is 5.75 Å². The van der Waals surface area contributed by atoms with Crippen LogP contribution >= 0.6 is 0 Å². The van der Waals surface area contributed by atoms with Crippen LogP contribution in [-0.4, -0.2) is 37.9 Å². The van der Waals surface area contributed by atoms with E-state index in [0.29, 0.717) is 19.5 Å². The highest BCUT2D eigenvalue weighted by Gasteiger charge is 2.36. The first-order valence-corrected chi connectivity index (χ1v) is 10.6. The Hall–Kier alpha value is -3.35. The Labute approximate surface area is 182 Å². The lowest BCUT2D eigenvalue weighted by molar-refractivity contribution is -0.122. The van der Waals surface area contributed by atoms with Gasteiger partial charge in [-0.05, 0) is 60.9 Å². The van der Waals surface area contributed by atoms with Crippen LogP contribution in [0.4, 0.5) is 17.1 Å². The van der Waals surface area contributed by atoms with Gasteiger partial charge in [0.1, 0.15) is 5.75 Å². The van der Waals surface area contributed by atoms with Crippen molar-refractivity contribution < 1.29 is 19.1 Å². The Morgan fingerprint density at radius 2 is 2.00 bits per heavy atom. The van der Waals surface area contributed by atoms with Gasteiger partial charge in [-0.25, -0.2) is 0 Å². The fourth-order valence-corrected chi connectivity index (χ4v) is 4.28. The molecule has 2 aliphatic heterocycles. The molecule has 2 aromatic rings. The lowest BCUT2D eigenvalue weighted by Crippen LogP contribution is -2.28. The Morgan fingerprint density at radius 3 is 2.71 bits per heavy atom. The van der Waals surface area contributed by atoms with Crippen LogP contribution in [0.15, 0.2) is 36.4 Å². The summed E-state index contributed by atoms with van der Waals surface area (Å²) in [7, 11) is 1.60. The van der Waals surface area contributed by atoms with E-state index < -0.39 is 5.92 Å². The number of anilines is 3. The fraction of sp³-hybridized carbons (Fsp3) is 0.375. The van der Waals surface area contributed by atoms with Gasteiger partial charge < -0.3 is 19.9 Å². The van der Waals surface area contributed by atoms with E-state index in [0.717, 1.165) is 40.4 Å². The van der Waals surface area contributed by atoms with E-state index in [1.165, 1.54) is 0 Å². The van der Waals surface area contributed by atoms with Gasteiger partial charge in [0, 0.05) is 43.0 Å². The largest absolute Gasteiger partial charge is 0.497 e. The zero-order chi connectivity index (χ0) is 22.1. The summed E-state index contributed by atoms with van der Waals surface area (Å²) in [5.74, 6) is 0.194. The zero-order valence-electron chi connectivity index (χ0n) is 18.1. The highest BCUT2D eigenvalue weighted by molar-refractivity contribution is 6.04. The minimum atomic E-state index is -0.416. The molecule has 0 bridgehead atoms. The van der Waals surface area contributed by atoms with Crippen LogP contribution in [0.1, 0.15) is 30.9 Å². The third-order valence-electron chi connectivity index (χ3n) is 6.06. The quantitative estimate of drug-likeness (QED) is 0.804. The number of rotatable bonds is 5. The van der Waals surface area contributed by atoms with Gasteiger partial charge in [-0.15, -0.1) is 0 Å². The number of carbonyl (C=O) groups is 3. The number of fused-ring (bicyclic) bond motifs is 1. The van der Waals surface area contributed by atoms with Crippen LogP contribution in [0, 0.1) is 12.8 Å². The molecule has 1 saturated heterocycles. The van der Waals surface area contributed by atoms with Gasteiger partial charge in [-0.2, -0.15) is 0 Å². The molecule has 1 N–H and O–H groups in total. The fourth-order valence-electron chi connectivity index (χ4n) is 4.28. The highest BCUT2D eigenvalue weighted by Crippen LogP contribution is 2.34. The van der Waals surface area contributed by atoms with E-state index >= 15 is 0 Å². The minimum Gasteiger partial charge on any atom is -0.497 e. The number of amides is 3. The van der Waals surface area contributed by atoms with Gasteiger partial charge in [0.05, 0.1) is 13.0 Å². The molecular weight excluding hydrogens is 394 g/mol. The number of carbonyl (C=O) groups excluding carboxylic acids is 3. The molecule has 1 fully saturated rings. The van der Waals surface area contributed by atoms with Crippen molar-refractivity contribution in [1.82, 2.24) is 0 Å². The van der Waals surface area contributed by atoms with E-state index in [4.69, 9.17) is 4.74 Å². The molecule has 0 radical (unpaired) electrons. The number of ether oxygens (including phenoxy) is 1. The van der Waals surface area contributed by atoms with Crippen molar-refractivity contribution in [3.63, 3.8) is 0 Å². The predicted octanol–water partition coefficient (Wildman–Crippen LogP) is 3.29. The Bertz CT molecular complexity index is 1050. The summed E-state index contributed by atoms with van der Waals surface area (Å²) in [6.45, 7) is 4.78. The molecule has 2 aliphatic rings. The van der Waals surface area contributed by atoms with Crippen LogP contribution in [0.5, 0.6) is 5.75 Å². The summed E-state index contributed by atoms with van der Waals surface area (Å²) in [5, 5.41) is 2.94. The van der Waals surface area contributed by atoms with Crippen LogP contribution < -0.4 is 19.9 Å². The second-order valence-corrected chi connectivity index (χ2v) is 8.04. The number of aryl methyl sites for hydroxylation is 1.